The minimum absolute atomic E-state index is 0.211. The molecule has 27 heavy (non-hydrogen) atoms. The fraction of sp³-hybridized carbons (Fsp3) is 0.190. The molecule has 0 aliphatic carbocycles. The van der Waals surface area contributed by atoms with Crippen LogP contribution in [0.25, 0.3) is 21.8 Å². The van der Waals surface area contributed by atoms with Crippen LogP contribution in [-0.2, 0) is 22.6 Å². The van der Waals surface area contributed by atoms with Gasteiger partial charge in [-0.15, -0.1) is 0 Å². The average Bonchev–Trinajstić information content (AvgIpc) is 3.00. The van der Waals surface area contributed by atoms with Crippen LogP contribution in [0.1, 0.15) is 11.1 Å². The third-order valence-corrected chi connectivity index (χ3v) is 4.87. The number of nitrogens with zero attached hydrogens (tertiary/aromatic N) is 3. The van der Waals surface area contributed by atoms with Crippen molar-refractivity contribution in [3.63, 3.8) is 0 Å². The Balaban J connectivity index is 1.99. The minimum Gasteiger partial charge on any atom is -0.468 e. The lowest BCUT2D eigenvalue weighted by Gasteiger charge is -2.10. The Bertz CT molecular complexity index is 1220. The van der Waals surface area contributed by atoms with Gasteiger partial charge in [0.1, 0.15) is 12.1 Å². The van der Waals surface area contributed by atoms with Crippen molar-refractivity contribution in [1.29, 1.82) is 0 Å². The Morgan fingerprint density at radius 3 is 2.59 bits per heavy atom. The van der Waals surface area contributed by atoms with Crippen LogP contribution in [0.3, 0.4) is 0 Å². The first-order valence-electron chi connectivity index (χ1n) is 8.68. The maximum absolute atomic E-state index is 13.1. The van der Waals surface area contributed by atoms with Crippen LogP contribution in [0.2, 0.25) is 0 Å². The smallest absolute Gasteiger partial charge is 0.327 e. The number of hydrogen-bond acceptors (Lipinski definition) is 4. The van der Waals surface area contributed by atoms with Crippen molar-refractivity contribution in [3.05, 3.63) is 76.2 Å². The molecular weight excluding hydrogens is 342 g/mol. The summed E-state index contributed by atoms with van der Waals surface area (Å²) >= 11 is 0. The van der Waals surface area contributed by atoms with Crippen LogP contribution in [0.4, 0.5) is 0 Å². The fourth-order valence-corrected chi connectivity index (χ4v) is 3.42. The lowest BCUT2D eigenvalue weighted by molar-refractivity contribution is -0.141. The van der Waals surface area contributed by atoms with Crippen molar-refractivity contribution in [3.8, 4) is 0 Å². The van der Waals surface area contributed by atoms with E-state index in [0.29, 0.717) is 12.1 Å². The molecule has 0 fully saturated rings. The number of fused-ring (bicyclic) bond motifs is 3. The van der Waals surface area contributed by atoms with Gasteiger partial charge in [-0.3, -0.25) is 9.59 Å². The summed E-state index contributed by atoms with van der Waals surface area (Å²) in [6.45, 7) is 2.41. The summed E-state index contributed by atoms with van der Waals surface area (Å²) in [4.78, 5) is 24.8. The number of para-hydroxylation sites is 1. The molecule has 0 radical (unpaired) electrons. The quantitative estimate of drug-likeness (QED) is 0.524. The predicted molar refractivity (Wildman–Crippen MR) is 104 cm³/mol. The molecule has 0 saturated heterocycles. The number of carbonyl (C=O) groups is 1. The highest BCUT2D eigenvalue weighted by Crippen LogP contribution is 2.27. The molecule has 2 aromatic heterocycles. The Labute approximate surface area is 155 Å². The molecule has 0 unspecified atom stereocenters. The van der Waals surface area contributed by atoms with Crippen LogP contribution in [0.15, 0.2) is 59.5 Å². The van der Waals surface area contributed by atoms with Gasteiger partial charge in [0.15, 0.2) is 0 Å². The van der Waals surface area contributed by atoms with Gasteiger partial charge >= 0.3 is 5.97 Å². The van der Waals surface area contributed by atoms with E-state index in [1.165, 1.54) is 7.11 Å². The highest BCUT2D eigenvalue weighted by atomic mass is 16.5. The number of aryl methyl sites for hydroxylation is 1. The first-order valence-corrected chi connectivity index (χ1v) is 8.68. The molecule has 0 N–H and O–H groups in total. The van der Waals surface area contributed by atoms with Crippen LogP contribution < -0.4 is 5.56 Å². The minimum atomic E-state index is -0.509. The number of esters is 1. The summed E-state index contributed by atoms with van der Waals surface area (Å²) in [5.41, 5.74) is 3.50. The first-order chi connectivity index (χ1) is 13.1. The van der Waals surface area contributed by atoms with E-state index in [9.17, 15) is 9.59 Å². The van der Waals surface area contributed by atoms with E-state index in [4.69, 9.17) is 0 Å². The van der Waals surface area contributed by atoms with Crippen molar-refractivity contribution in [2.75, 3.05) is 7.11 Å². The summed E-state index contributed by atoms with van der Waals surface area (Å²) < 4.78 is 7.84. The van der Waals surface area contributed by atoms with Gasteiger partial charge in [0, 0.05) is 22.8 Å². The third kappa shape index (κ3) is 2.89. The van der Waals surface area contributed by atoms with E-state index < -0.39 is 5.97 Å². The van der Waals surface area contributed by atoms with Gasteiger partial charge < -0.3 is 9.30 Å². The van der Waals surface area contributed by atoms with Crippen molar-refractivity contribution >= 4 is 27.8 Å². The lowest BCUT2D eigenvalue weighted by atomic mass is 10.1. The largest absolute Gasteiger partial charge is 0.468 e. The van der Waals surface area contributed by atoms with Crippen LogP contribution in [0.5, 0.6) is 0 Å². The maximum atomic E-state index is 13.1. The second-order valence-corrected chi connectivity index (χ2v) is 6.48. The Morgan fingerprint density at radius 2 is 1.81 bits per heavy atom. The van der Waals surface area contributed by atoms with E-state index in [2.05, 4.69) is 28.9 Å². The zero-order valence-corrected chi connectivity index (χ0v) is 15.2. The van der Waals surface area contributed by atoms with Gasteiger partial charge in [-0.25, -0.2) is 4.68 Å². The highest BCUT2D eigenvalue weighted by Gasteiger charge is 2.17. The normalized spacial score (nSPS) is 11.2. The molecule has 0 aliphatic heterocycles. The topological polar surface area (TPSA) is 66.1 Å². The average molecular weight is 361 g/mol. The molecule has 0 atom stereocenters. The monoisotopic (exact) mass is 361 g/mol. The lowest BCUT2D eigenvalue weighted by Crippen LogP contribution is -2.28. The van der Waals surface area contributed by atoms with E-state index >= 15 is 0 Å². The summed E-state index contributed by atoms with van der Waals surface area (Å²) in [6.07, 6.45) is 1.65. The highest BCUT2D eigenvalue weighted by molar-refractivity contribution is 6.07. The van der Waals surface area contributed by atoms with Crippen molar-refractivity contribution in [1.82, 2.24) is 14.3 Å². The molecular formula is C21H19N3O3. The zero-order chi connectivity index (χ0) is 19.0. The maximum Gasteiger partial charge on any atom is 0.327 e. The molecule has 4 aromatic rings. The summed E-state index contributed by atoms with van der Waals surface area (Å²) in [5, 5.41) is 5.92. The van der Waals surface area contributed by atoms with Gasteiger partial charge in [-0.1, -0.05) is 42.5 Å². The van der Waals surface area contributed by atoms with Crippen LogP contribution in [0, 0.1) is 6.92 Å². The van der Waals surface area contributed by atoms with E-state index in [-0.39, 0.29) is 12.1 Å². The first kappa shape index (κ1) is 17.0. The fourth-order valence-electron chi connectivity index (χ4n) is 3.42. The summed E-state index contributed by atoms with van der Waals surface area (Å²) in [7, 11) is 1.29. The molecule has 4 rings (SSSR count). The van der Waals surface area contributed by atoms with Crippen molar-refractivity contribution < 1.29 is 9.53 Å². The van der Waals surface area contributed by atoms with Crippen LogP contribution >= 0.6 is 0 Å². The number of carbonyl (C=O) groups excluding carboxylic acids is 1. The van der Waals surface area contributed by atoms with Crippen LogP contribution in [-0.4, -0.2) is 27.4 Å². The summed E-state index contributed by atoms with van der Waals surface area (Å²) in [6, 6.07) is 16.0. The molecule has 6 heteroatoms. The second kappa shape index (κ2) is 6.72. The molecule has 136 valence electrons. The SMILES string of the molecule is COC(=O)Cn1ncc2c3ccccc3n(Cc3ccccc3C)c2c1=O. The van der Waals surface area contributed by atoms with Gasteiger partial charge in [-0.05, 0) is 24.1 Å². The van der Waals surface area contributed by atoms with E-state index in [1.54, 1.807) is 6.20 Å². The third-order valence-electron chi connectivity index (χ3n) is 4.87. The predicted octanol–water partition coefficient (Wildman–Crippen LogP) is 2.88. The van der Waals surface area contributed by atoms with Gasteiger partial charge in [0.25, 0.3) is 5.56 Å². The Kier molecular flexibility index (Phi) is 4.24. The second-order valence-electron chi connectivity index (χ2n) is 6.48. The molecule has 0 aliphatic rings. The number of aromatic nitrogens is 3. The zero-order valence-electron chi connectivity index (χ0n) is 15.2. The number of methoxy groups -OCH3 is 1. The van der Waals surface area contributed by atoms with E-state index in [0.717, 1.165) is 32.1 Å². The molecule has 6 nitrogen and oxygen atoms in total. The molecule has 0 bridgehead atoms. The van der Waals surface area contributed by atoms with Gasteiger partial charge in [0.05, 0.1) is 13.3 Å². The molecule has 0 saturated carbocycles. The number of hydrogen-bond donors (Lipinski definition) is 0. The Morgan fingerprint density at radius 1 is 1.07 bits per heavy atom. The molecule has 2 aromatic carbocycles. The number of benzene rings is 2. The summed E-state index contributed by atoms with van der Waals surface area (Å²) in [5.74, 6) is -0.509. The molecule has 0 spiro atoms. The number of rotatable bonds is 4. The van der Waals surface area contributed by atoms with Crippen molar-refractivity contribution in [2.24, 2.45) is 0 Å². The number of ether oxygens (including phenoxy) is 1. The van der Waals surface area contributed by atoms with E-state index in [1.807, 2.05) is 41.0 Å². The Hall–Kier alpha value is -3.41. The molecule has 2 heterocycles. The van der Waals surface area contributed by atoms with Gasteiger partial charge in [0.2, 0.25) is 0 Å². The standard InChI is InChI=1S/C21H19N3O3/c1-14-7-3-4-8-15(14)12-23-18-10-6-5-9-16(18)17-11-22-24(13-19(25)27-2)21(26)20(17)23/h3-11H,12-13H2,1-2H3. The van der Waals surface area contributed by atoms with Crippen molar-refractivity contribution in [2.45, 2.75) is 20.0 Å². The van der Waals surface area contributed by atoms with Gasteiger partial charge in [-0.2, -0.15) is 5.10 Å². The molecule has 0 amide bonds.